The zero-order chi connectivity index (χ0) is 20.1. The zero-order valence-electron chi connectivity index (χ0n) is 14.6. The van der Waals surface area contributed by atoms with Gasteiger partial charge in [0, 0.05) is 24.9 Å². The summed E-state index contributed by atoms with van der Waals surface area (Å²) < 4.78 is 15.3. The number of hydrogen-bond donors (Lipinski definition) is 0. The van der Waals surface area contributed by atoms with Gasteiger partial charge < -0.3 is 0 Å². The minimum Gasteiger partial charge on any atom is -0.207 e. The maximum Gasteiger partial charge on any atom is 0.123 e. The van der Waals surface area contributed by atoms with E-state index in [1.54, 1.807) is 12.1 Å². The molecule has 5 heteroatoms. The third kappa shape index (κ3) is 5.81. The van der Waals surface area contributed by atoms with Gasteiger partial charge in [-0.25, -0.2) is 4.39 Å². The lowest BCUT2D eigenvalue weighted by Crippen LogP contribution is -1.94. The second-order valence-corrected chi connectivity index (χ2v) is 8.70. The molecular weight excluding hydrogens is 526 g/mol. The van der Waals surface area contributed by atoms with Crippen molar-refractivity contribution >= 4 is 64.0 Å². The van der Waals surface area contributed by atoms with Crippen LogP contribution in [0.4, 0.5) is 4.39 Å². The van der Waals surface area contributed by atoms with Crippen LogP contribution in [0.5, 0.6) is 0 Å². The molecule has 0 bridgehead atoms. The molecule has 0 saturated carbocycles. The van der Waals surface area contributed by atoms with E-state index in [1.807, 2.05) is 48.5 Å². The molecule has 0 nitrogen and oxygen atoms in total. The van der Waals surface area contributed by atoms with Gasteiger partial charge >= 0.3 is 0 Å². The van der Waals surface area contributed by atoms with E-state index in [0.29, 0.717) is 10.0 Å². The highest BCUT2D eigenvalue weighted by Crippen LogP contribution is 2.33. The molecule has 0 heterocycles. The van der Waals surface area contributed by atoms with Gasteiger partial charge in [-0.1, -0.05) is 104 Å². The first kappa shape index (κ1) is 21.3. The molecule has 0 fully saturated rings. The Balaban J connectivity index is 2.00. The fourth-order valence-electron chi connectivity index (χ4n) is 2.65. The van der Waals surface area contributed by atoms with Gasteiger partial charge in [0.25, 0.3) is 0 Å². The average Bonchev–Trinajstić information content (AvgIpc) is 2.69. The number of halogens is 5. The van der Waals surface area contributed by atoms with E-state index in [-0.39, 0.29) is 11.7 Å². The fourth-order valence-corrected chi connectivity index (χ4v) is 4.00. The van der Waals surface area contributed by atoms with Crippen LogP contribution in [0.25, 0.3) is 8.96 Å². The smallest absolute Gasteiger partial charge is 0.123 e. The van der Waals surface area contributed by atoms with E-state index >= 15 is 0 Å². The molecule has 3 aromatic carbocycles. The maximum absolute atomic E-state index is 13.4. The van der Waals surface area contributed by atoms with Crippen LogP contribution < -0.4 is 0 Å². The summed E-state index contributed by atoms with van der Waals surface area (Å²) in [5.41, 5.74) is 2.98. The quantitative estimate of drug-likeness (QED) is 0.303. The lowest BCUT2D eigenvalue weighted by molar-refractivity contribution is 0.627. The Kier molecular flexibility index (Phi) is 7.53. The third-order valence-corrected chi connectivity index (χ3v) is 6.09. The molecule has 3 rings (SSSR count). The van der Waals surface area contributed by atoms with E-state index in [2.05, 4.69) is 44.0 Å². The number of rotatable bonds is 5. The average molecular weight is 541 g/mol. The third-order valence-electron chi connectivity index (χ3n) is 4.15. The van der Waals surface area contributed by atoms with Gasteiger partial charge in [-0.15, -0.1) is 0 Å². The normalized spacial score (nSPS) is 12.5. The Morgan fingerprint density at radius 3 is 1.46 bits per heavy atom. The summed E-state index contributed by atoms with van der Waals surface area (Å²) in [5, 5.41) is 1.37. The summed E-state index contributed by atoms with van der Waals surface area (Å²) in [4.78, 5) is 0. The highest BCUT2D eigenvalue weighted by molar-refractivity contribution is 9.15. The number of hydrogen-bond acceptors (Lipinski definition) is 0. The molecule has 0 aromatic heterocycles. The Bertz CT molecular complexity index is 931. The van der Waals surface area contributed by atoms with Crippen molar-refractivity contribution in [2.24, 2.45) is 0 Å². The maximum atomic E-state index is 13.4. The molecule has 0 amide bonds. The predicted molar refractivity (Wildman–Crippen MR) is 126 cm³/mol. The number of allylic oxidation sites excluding steroid dienone is 2. The lowest BCUT2D eigenvalue weighted by atomic mass is 9.96. The van der Waals surface area contributed by atoms with Crippen LogP contribution in [-0.4, -0.2) is 0 Å². The monoisotopic (exact) mass is 538 g/mol. The van der Waals surface area contributed by atoms with Crippen molar-refractivity contribution in [2.75, 3.05) is 0 Å². The van der Waals surface area contributed by atoms with E-state index in [4.69, 9.17) is 23.2 Å². The molecule has 0 atom stereocenters. The van der Waals surface area contributed by atoms with E-state index in [0.717, 1.165) is 25.7 Å². The van der Waals surface area contributed by atoms with E-state index < -0.39 is 0 Å². The summed E-state index contributed by atoms with van der Waals surface area (Å²) in [6.45, 7) is 0. The van der Waals surface area contributed by atoms with Gasteiger partial charge in [0.15, 0.2) is 0 Å². The van der Waals surface area contributed by atoms with Crippen LogP contribution in [0.1, 0.15) is 22.6 Å². The fraction of sp³-hybridized carbons (Fsp3) is 0.0435. The summed E-state index contributed by atoms with van der Waals surface area (Å²) in [7, 11) is 0. The standard InChI is InChI=1S/C23H15Br2Cl2F/c24-22(16-1-7-19(26)8-2-16)13-18(15-5-11-21(28)12-6-15)14-23(25)17-3-9-20(27)10-4-17/h1-14,18H/b22-13+,23-14+. The van der Waals surface area contributed by atoms with Crippen molar-refractivity contribution in [3.8, 4) is 0 Å². The van der Waals surface area contributed by atoms with Gasteiger partial charge in [0.2, 0.25) is 0 Å². The number of benzene rings is 3. The van der Waals surface area contributed by atoms with Crippen molar-refractivity contribution in [3.63, 3.8) is 0 Å². The molecule has 3 aromatic rings. The molecule has 0 aliphatic carbocycles. The topological polar surface area (TPSA) is 0 Å². The first-order valence-corrected chi connectivity index (χ1v) is 10.8. The Morgan fingerprint density at radius 1 is 0.679 bits per heavy atom. The molecule has 0 aliphatic rings. The minimum absolute atomic E-state index is 0.0873. The van der Waals surface area contributed by atoms with Crippen LogP contribution in [-0.2, 0) is 0 Å². The molecule has 0 saturated heterocycles. The minimum atomic E-state index is -0.260. The van der Waals surface area contributed by atoms with Gasteiger partial charge in [-0.3, -0.25) is 0 Å². The van der Waals surface area contributed by atoms with Gasteiger partial charge in [-0.2, -0.15) is 0 Å². The van der Waals surface area contributed by atoms with Crippen LogP contribution in [0, 0.1) is 5.82 Å². The van der Waals surface area contributed by atoms with Crippen molar-refractivity contribution in [2.45, 2.75) is 5.92 Å². The van der Waals surface area contributed by atoms with Crippen LogP contribution >= 0.6 is 55.1 Å². The Morgan fingerprint density at radius 2 is 1.07 bits per heavy atom. The van der Waals surface area contributed by atoms with Crippen molar-refractivity contribution in [1.29, 1.82) is 0 Å². The molecule has 0 unspecified atom stereocenters. The summed E-state index contributed by atoms with van der Waals surface area (Å²) in [5.74, 6) is -0.348. The van der Waals surface area contributed by atoms with Crippen LogP contribution in [0.2, 0.25) is 10.0 Å². The van der Waals surface area contributed by atoms with Crippen molar-refractivity contribution in [1.82, 2.24) is 0 Å². The Labute approximate surface area is 190 Å². The lowest BCUT2D eigenvalue weighted by Gasteiger charge is -2.12. The SMILES string of the molecule is Fc1ccc(C(/C=C(/Br)c2ccc(Cl)cc2)/C=C(/Br)c2ccc(Cl)cc2)cc1. The van der Waals surface area contributed by atoms with Crippen LogP contribution in [0.15, 0.2) is 84.9 Å². The highest BCUT2D eigenvalue weighted by atomic mass is 79.9. The zero-order valence-corrected chi connectivity index (χ0v) is 19.2. The molecule has 0 radical (unpaired) electrons. The van der Waals surface area contributed by atoms with Crippen molar-refractivity contribution < 1.29 is 4.39 Å². The largest absolute Gasteiger partial charge is 0.207 e. The molecule has 0 N–H and O–H groups in total. The first-order chi connectivity index (χ1) is 13.4. The molecule has 28 heavy (non-hydrogen) atoms. The molecule has 0 aliphatic heterocycles. The Hall–Kier alpha value is -1.39. The summed E-state index contributed by atoms with van der Waals surface area (Å²) in [6.07, 6.45) is 4.15. The second kappa shape index (κ2) is 9.89. The second-order valence-electron chi connectivity index (χ2n) is 6.12. The molecule has 0 spiro atoms. The van der Waals surface area contributed by atoms with Crippen molar-refractivity contribution in [3.05, 3.63) is 118 Å². The molecular formula is C23H15Br2Cl2F. The first-order valence-electron chi connectivity index (χ1n) is 8.44. The predicted octanol–water partition coefficient (Wildman–Crippen LogP) is 9.09. The van der Waals surface area contributed by atoms with Crippen LogP contribution in [0.3, 0.4) is 0 Å². The summed E-state index contributed by atoms with van der Waals surface area (Å²) >= 11 is 19.3. The highest BCUT2D eigenvalue weighted by Gasteiger charge is 2.11. The summed E-state index contributed by atoms with van der Waals surface area (Å²) in [6, 6.07) is 21.7. The van der Waals surface area contributed by atoms with E-state index in [1.165, 1.54) is 12.1 Å². The van der Waals surface area contributed by atoms with Gasteiger partial charge in [0.05, 0.1) is 0 Å². The van der Waals surface area contributed by atoms with Gasteiger partial charge in [-0.05, 0) is 53.1 Å². The van der Waals surface area contributed by atoms with E-state index in [9.17, 15) is 4.39 Å². The molecule has 142 valence electrons. The van der Waals surface area contributed by atoms with Gasteiger partial charge in [0.1, 0.15) is 5.82 Å².